The third-order valence-corrected chi connectivity index (χ3v) is 2.84. The third kappa shape index (κ3) is 2.38. The fourth-order valence-corrected chi connectivity index (χ4v) is 2.11. The molecule has 1 aromatic heterocycles. The van der Waals surface area contributed by atoms with Gasteiger partial charge >= 0.3 is 0 Å². The Balaban J connectivity index is 1.95. The van der Waals surface area contributed by atoms with Crippen LogP contribution in [0.15, 0.2) is 12.4 Å². The predicted octanol–water partition coefficient (Wildman–Crippen LogP) is -0.0845. The lowest BCUT2D eigenvalue weighted by atomic mass is 10.2. The normalized spacial score (nSPS) is 20.3. The first kappa shape index (κ1) is 11.1. The zero-order valence-corrected chi connectivity index (χ0v) is 9.37. The lowest BCUT2D eigenvalue weighted by Crippen LogP contribution is -2.40. The second-order valence-corrected chi connectivity index (χ2v) is 3.94. The van der Waals surface area contributed by atoms with Crippen molar-refractivity contribution in [1.82, 2.24) is 19.9 Å². The minimum atomic E-state index is 0.0603. The van der Waals surface area contributed by atoms with Crippen molar-refractivity contribution in [2.24, 2.45) is 0 Å². The van der Waals surface area contributed by atoms with Crippen LogP contribution in [0.4, 0.5) is 0 Å². The van der Waals surface area contributed by atoms with Crippen LogP contribution in [0.2, 0.25) is 0 Å². The van der Waals surface area contributed by atoms with E-state index >= 15 is 0 Å². The van der Waals surface area contributed by atoms with Gasteiger partial charge in [0.2, 0.25) is 5.91 Å². The molecule has 0 aromatic carbocycles. The Morgan fingerprint density at radius 2 is 2.50 bits per heavy atom. The van der Waals surface area contributed by atoms with E-state index in [4.69, 9.17) is 4.74 Å². The first-order valence-electron chi connectivity index (χ1n) is 5.44. The van der Waals surface area contributed by atoms with Gasteiger partial charge in [-0.05, 0) is 12.8 Å². The molecule has 0 spiro atoms. The summed E-state index contributed by atoms with van der Waals surface area (Å²) in [5, 5.41) is 7.67. The number of hydrogen-bond acceptors (Lipinski definition) is 4. The maximum atomic E-state index is 11.7. The molecule has 16 heavy (non-hydrogen) atoms. The molecule has 1 fully saturated rings. The van der Waals surface area contributed by atoms with Gasteiger partial charge in [-0.2, -0.15) is 0 Å². The summed E-state index contributed by atoms with van der Waals surface area (Å²) in [6, 6.07) is 0.226. The van der Waals surface area contributed by atoms with Crippen LogP contribution >= 0.6 is 0 Å². The summed E-state index contributed by atoms with van der Waals surface area (Å²) in [4.78, 5) is 13.6. The molecule has 2 rings (SSSR count). The van der Waals surface area contributed by atoms with E-state index in [0.29, 0.717) is 0 Å². The number of hydrogen-bond donors (Lipinski definition) is 0. The van der Waals surface area contributed by atoms with Crippen LogP contribution in [0.1, 0.15) is 12.8 Å². The van der Waals surface area contributed by atoms with Gasteiger partial charge in [0, 0.05) is 19.9 Å². The van der Waals surface area contributed by atoms with Crippen molar-refractivity contribution < 1.29 is 9.53 Å². The number of carbonyl (C=O) groups excluding carboxylic acids is 1. The van der Waals surface area contributed by atoms with Crippen LogP contribution in [0.3, 0.4) is 0 Å². The Morgan fingerprint density at radius 1 is 1.62 bits per heavy atom. The van der Waals surface area contributed by atoms with Crippen molar-refractivity contribution in [3.63, 3.8) is 0 Å². The smallest absolute Gasteiger partial charge is 0.248 e. The average molecular weight is 224 g/mol. The number of nitrogens with zero attached hydrogens (tertiary/aromatic N) is 4. The molecule has 0 aliphatic carbocycles. The van der Waals surface area contributed by atoms with E-state index < -0.39 is 0 Å². The molecule has 2 heterocycles. The molecule has 88 valence electrons. The molecular weight excluding hydrogens is 208 g/mol. The summed E-state index contributed by atoms with van der Waals surface area (Å²) in [5.74, 6) is 0.0603. The number of rotatable bonds is 4. The minimum absolute atomic E-state index is 0.0603. The summed E-state index contributed by atoms with van der Waals surface area (Å²) < 4.78 is 6.64. The highest BCUT2D eigenvalue weighted by Gasteiger charge is 2.28. The highest BCUT2D eigenvalue weighted by atomic mass is 16.5. The zero-order chi connectivity index (χ0) is 11.4. The first-order valence-corrected chi connectivity index (χ1v) is 5.44. The van der Waals surface area contributed by atoms with Crippen molar-refractivity contribution in [3.05, 3.63) is 12.4 Å². The van der Waals surface area contributed by atoms with Gasteiger partial charge in [0.05, 0.1) is 18.8 Å². The molecule has 0 radical (unpaired) electrons. The number of likely N-dealkylation sites (tertiary alicyclic amines) is 1. The molecule has 1 saturated heterocycles. The molecule has 0 saturated carbocycles. The maximum absolute atomic E-state index is 11.7. The van der Waals surface area contributed by atoms with Gasteiger partial charge in [0.25, 0.3) is 0 Å². The largest absolute Gasteiger partial charge is 0.375 e. The van der Waals surface area contributed by atoms with E-state index in [1.165, 1.54) is 0 Å². The number of methoxy groups -OCH3 is 1. The number of aromatic nitrogens is 3. The van der Waals surface area contributed by atoms with Gasteiger partial charge in [-0.25, -0.2) is 0 Å². The quantitative estimate of drug-likeness (QED) is 0.717. The summed E-state index contributed by atoms with van der Waals surface area (Å²) >= 11 is 0. The Kier molecular flexibility index (Phi) is 3.51. The fraction of sp³-hybridized carbons (Fsp3) is 0.700. The number of carbonyl (C=O) groups is 1. The molecule has 1 aliphatic rings. The Morgan fingerprint density at radius 3 is 3.19 bits per heavy atom. The minimum Gasteiger partial charge on any atom is -0.375 e. The van der Waals surface area contributed by atoms with Gasteiger partial charge in [-0.1, -0.05) is 5.21 Å². The van der Waals surface area contributed by atoms with Crippen LogP contribution in [0, 0.1) is 0 Å². The molecule has 0 bridgehead atoms. The molecule has 6 heteroatoms. The lowest BCUT2D eigenvalue weighted by Gasteiger charge is -2.24. The van der Waals surface area contributed by atoms with Crippen molar-refractivity contribution >= 4 is 5.91 Å². The lowest BCUT2D eigenvalue weighted by molar-refractivity contribution is -0.136. The maximum Gasteiger partial charge on any atom is 0.248 e. The van der Waals surface area contributed by atoms with Crippen molar-refractivity contribution in [1.29, 1.82) is 0 Å². The van der Waals surface area contributed by atoms with Crippen LogP contribution in [-0.2, 0) is 16.1 Å². The van der Waals surface area contributed by atoms with E-state index in [-0.39, 0.29) is 18.6 Å². The topological polar surface area (TPSA) is 60.2 Å². The summed E-state index contributed by atoms with van der Waals surface area (Å²) in [5.41, 5.74) is 0. The summed E-state index contributed by atoms with van der Waals surface area (Å²) in [7, 11) is 1.54. The first-order chi connectivity index (χ1) is 7.81. The number of ether oxygens (including phenoxy) is 1. The highest BCUT2D eigenvalue weighted by molar-refractivity contribution is 5.78. The molecule has 0 unspecified atom stereocenters. The highest BCUT2D eigenvalue weighted by Crippen LogP contribution is 2.18. The zero-order valence-electron chi connectivity index (χ0n) is 9.37. The van der Waals surface area contributed by atoms with Crippen molar-refractivity contribution in [3.8, 4) is 0 Å². The predicted molar refractivity (Wildman–Crippen MR) is 56.6 cm³/mol. The van der Waals surface area contributed by atoms with E-state index in [1.807, 2.05) is 11.1 Å². The van der Waals surface area contributed by atoms with Crippen LogP contribution in [0.5, 0.6) is 0 Å². The van der Waals surface area contributed by atoms with Crippen molar-refractivity contribution in [2.45, 2.75) is 25.4 Å². The SMILES string of the molecule is COCC(=O)N1CCC[C@H]1Cn1ccnn1. The summed E-state index contributed by atoms with van der Waals surface area (Å²) in [6.07, 6.45) is 5.54. The van der Waals surface area contributed by atoms with Gasteiger partial charge in [0.1, 0.15) is 6.61 Å². The number of amides is 1. The van der Waals surface area contributed by atoms with Crippen LogP contribution < -0.4 is 0 Å². The van der Waals surface area contributed by atoms with Gasteiger partial charge in [-0.3, -0.25) is 9.48 Å². The molecule has 1 amide bonds. The molecular formula is C10H16N4O2. The van der Waals surface area contributed by atoms with Crippen molar-refractivity contribution in [2.75, 3.05) is 20.3 Å². The average Bonchev–Trinajstić information content (AvgIpc) is 2.90. The second kappa shape index (κ2) is 5.07. The van der Waals surface area contributed by atoms with Crippen LogP contribution in [-0.4, -0.2) is 52.1 Å². The third-order valence-electron chi connectivity index (χ3n) is 2.84. The fourth-order valence-electron chi connectivity index (χ4n) is 2.11. The molecule has 6 nitrogen and oxygen atoms in total. The van der Waals surface area contributed by atoms with Gasteiger partial charge < -0.3 is 9.64 Å². The Bertz CT molecular complexity index is 339. The standard InChI is InChI=1S/C10H16N4O2/c1-16-8-10(15)14-5-2-3-9(14)7-13-6-4-11-12-13/h4,6,9H,2-3,5,7-8H2,1H3/t9-/m0/s1. The molecule has 0 N–H and O–H groups in total. The van der Waals surface area contributed by atoms with E-state index in [1.54, 1.807) is 18.0 Å². The summed E-state index contributed by atoms with van der Waals surface area (Å²) in [6.45, 7) is 1.70. The second-order valence-electron chi connectivity index (χ2n) is 3.94. The molecule has 1 aliphatic heterocycles. The molecule has 1 atom stereocenters. The van der Waals surface area contributed by atoms with Gasteiger partial charge in [0.15, 0.2) is 0 Å². The monoisotopic (exact) mass is 224 g/mol. The molecule has 1 aromatic rings. The van der Waals surface area contributed by atoms with Crippen LogP contribution in [0.25, 0.3) is 0 Å². The van der Waals surface area contributed by atoms with Gasteiger partial charge in [-0.15, -0.1) is 5.10 Å². The Labute approximate surface area is 94.2 Å². The van der Waals surface area contributed by atoms with E-state index in [9.17, 15) is 4.79 Å². The van der Waals surface area contributed by atoms with E-state index in [2.05, 4.69) is 10.3 Å². The van der Waals surface area contributed by atoms with E-state index in [0.717, 1.165) is 25.9 Å². The Hall–Kier alpha value is -1.43.